The van der Waals surface area contributed by atoms with Gasteiger partial charge in [0.2, 0.25) is 0 Å². The summed E-state index contributed by atoms with van der Waals surface area (Å²) in [6.45, 7) is 15.8. The maximum Gasteiger partial charge on any atom is 0.166 e. The van der Waals surface area contributed by atoms with Gasteiger partial charge in [-0.25, -0.2) is 15.0 Å². The number of fused-ring (bicyclic) bond motifs is 2. The molecule has 2 fully saturated rings. The second kappa shape index (κ2) is 9.80. The van der Waals surface area contributed by atoms with Gasteiger partial charge in [0.25, 0.3) is 0 Å². The molecule has 36 heavy (non-hydrogen) atoms. The van der Waals surface area contributed by atoms with Crippen molar-refractivity contribution in [3.05, 3.63) is 36.3 Å². The molecule has 2 aliphatic heterocycles. The minimum absolute atomic E-state index is 0.599. The van der Waals surface area contributed by atoms with Gasteiger partial charge < -0.3 is 19.2 Å². The van der Waals surface area contributed by atoms with Gasteiger partial charge in [-0.2, -0.15) is 0 Å². The van der Waals surface area contributed by atoms with Crippen LogP contribution < -0.4 is 4.90 Å². The molecule has 0 aliphatic carbocycles. The van der Waals surface area contributed by atoms with Crippen molar-refractivity contribution in [2.75, 3.05) is 57.4 Å². The first kappa shape index (κ1) is 23.4. The van der Waals surface area contributed by atoms with Crippen LogP contribution in [0.25, 0.3) is 33.5 Å². The molecule has 0 amide bonds. The monoisotopic (exact) mass is 488 g/mol. The van der Waals surface area contributed by atoms with Crippen LogP contribution in [-0.2, 0) is 17.8 Å². The van der Waals surface area contributed by atoms with Gasteiger partial charge in [0.15, 0.2) is 22.8 Å². The summed E-state index contributed by atoms with van der Waals surface area (Å²) in [4.78, 5) is 26.2. The van der Waals surface area contributed by atoms with E-state index in [9.17, 15) is 0 Å². The molecule has 0 radical (unpaired) electrons. The van der Waals surface area contributed by atoms with E-state index in [1.807, 2.05) is 6.20 Å². The summed E-state index contributed by atoms with van der Waals surface area (Å²) in [5.41, 5.74) is 3.96. The summed E-state index contributed by atoms with van der Waals surface area (Å²) in [5, 5.41) is 1.13. The number of ether oxygens (including phenoxy) is 1. The fraction of sp³-hybridized carbons (Fsp3) is 0.519. The first-order valence-electron chi connectivity index (χ1n) is 13.2. The van der Waals surface area contributed by atoms with Crippen LogP contribution in [0, 0.1) is 0 Å². The summed E-state index contributed by atoms with van der Waals surface area (Å²) >= 11 is 0. The van der Waals surface area contributed by atoms with Crippen molar-refractivity contribution in [3.8, 4) is 11.4 Å². The molecular weight excluding hydrogens is 452 g/mol. The molecule has 3 aromatic heterocycles. The average Bonchev–Trinajstić information content (AvgIpc) is 3.53. The third-order valence-corrected chi connectivity index (χ3v) is 7.62. The van der Waals surface area contributed by atoms with E-state index in [0.29, 0.717) is 19.3 Å². The van der Waals surface area contributed by atoms with E-state index >= 15 is 0 Å². The summed E-state index contributed by atoms with van der Waals surface area (Å²) in [7, 11) is 0. The van der Waals surface area contributed by atoms with Crippen molar-refractivity contribution >= 4 is 27.9 Å². The van der Waals surface area contributed by atoms with E-state index in [-0.39, 0.29) is 0 Å². The summed E-state index contributed by atoms with van der Waals surface area (Å²) < 4.78 is 7.93. The summed E-state index contributed by atoms with van der Waals surface area (Å²) in [5.74, 6) is 2.75. The third kappa shape index (κ3) is 4.25. The normalized spacial score (nSPS) is 18.2. The Morgan fingerprint density at radius 3 is 2.53 bits per heavy atom. The van der Waals surface area contributed by atoms with Crippen molar-refractivity contribution in [2.45, 2.75) is 39.9 Å². The van der Waals surface area contributed by atoms with Crippen molar-refractivity contribution in [1.82, 2.24) is 34.3 Å². The molecule has 0 spiro atoms. The molecule has 1 N–H and O–H groups in total. The average molecular weight is 489 g/mol. The van der Waals surface area contributed by atoms with Crippen LogP contribution in [0.3, 0.4) is 0 Å². The van der Waals surface area contributed by atoms with E-state index < -0.39 is 0 Å². The predicted octanol–water partition coefficient (Wildman–Crippen LogP) is 3.36. The highest BCUT2D eigenvalue weighted by Gasteiger charge is 2.26. The van der Waals surface area contributed by atoms with E-state index in [1.165, 1.54) is 0 Å². The molecule has 0 saturated carbocycles. The van der Waals surface area contributed by atoms with Crippen LogP contribution >= 0.6 is 0 Å². The Morgan fingerprint density at radius 2 is 1.78 bits per heavy atom. The number of nitrogens with one attached hydrogen (secondary N) is 1. The quantitative estimate of drug-likeness (QED) is 0.446. The topological polar surface area (TPSA) is 78.3 Å². The lowest BCUT2D eigenvalue weighted by Gasteiger charge is -2.36. The van der Waals surface area contributed by atoms with Gasteiger partial charge in [-0.05, 0) is 32.9 Å². The van der Waals surface area contributed by atoms with Crippen molar-refractivity contribution in [3.63, 3.8) is 0 Å². The number of anilines is 1. The van der Waals surface area contributed by atoms with Gasteiger partial charge >= 0.3 is 0 Å². The number of benzene rings is 1. The van der Waals surface area contributed by atoms with Crippen LogP contribution in [0.4, 0.5) is 5.82 Å². The lowest BCUT2D eigenvalue weighted by Crippen LogP contribution is -2.48. The molecule has 0 atom stereocenters. The maximum atomic E-state index is 5.65. The first-order chi connectivity index (χ1) is 17.6. The predicted molar refractivity (Wildman–Crippen MR) is 143 cm³/mol. The van der Waals surface area contributed by atoms with Crippen molar-refractivity contribution in [1.29, 1.82) is 0 Å². The number of rotatable bonds is 6. The van der Waals surface area contributed by atoms with E-state index in [1.54, 1.807) is 0 Å². The van der Waals surface area contributed by atoms with Gasteiger partial charge in [-0.15, -0.1) is 0 Å². The molecular formula is C27H36N8O. The molecule has 2 saturated heterocycles. The number of morpholine rings is 1. The molecule has 2 aliphatic rings. The second-order valence-corrected chi connectivity index (χ2v) is 10.1. The lowest BCUT2D eigenvalue weighted by molar-refractivity contribution is 0.101. The highest BCUT2D eigenvalue weighted by atomic mass is 16.5. The Hall–Kier alpha value is -3.01. The number of aryl methyl sites for hydroxylation is 1. The lowest BCUT2D eigenvalue weighted by atomic mass is 10.1. The smallest absolute Gasteiger partial charge is 0.166 e. The molecule has 1 aromatic carbocycles. The van der Waals surface area contributed by atoms with Crippen molar-refractivity contribution in [2.24, 2.45) is 0 Å². The Kier molecular flexibility index (Phi) is 6.37. The van der Waals surface area contributed by atoms with Crippen LogP contribution in [0.2, 0.25) is 0 Å². The second-order valence-electron chi connectivity index (χ2n) is 10.1. The summed E-state index contributed by atoms with van der Waals surface area (Å²) in [6.07, 6.45) is 1.98. The summed E-state index contributed by atoms with van der Waals surface area (Å²) in [6, 6.07) is 8.97. The molecule has 4 aromatic rings. The standard InChI is InChI=1S/C27H36N8O/c1-4-35-23(18-32-10-12-33(13-11-32)19(2)3)29-24-26(34-14-16-36-17-15-34)30-25(31-27(24)35)21-6-5-7-22-20(21)8-9-28-22/h5-9,19,28H,4,10-18H2,1-3H3. The van der Waals surface area contributed by atoms with Crippen molar-refractivity contribution < 1.29 is 4.74 Å². The van der Waals surface area contributed by atoms with Gasteiger partial charge in [0.05, 0.1) is 19.8 Å². The van der Waals surface area contributed by atoms with Crippen LogP contribution in [0.5, 0.6) is 0 Å². The number of imidazole rings is 1. The molecule has 9 heteroatoms. The van der Waals surface area contributed by atoms with E-state index in [4.69, 9.17) is 19.7 Å². The number of hydrogen-bond donors (Lipinski definition) is 1. The highest BCUT2D eigenvalue weighted by Crippen LogP contribution is 2.32. The van der Waals surface area contributed by atoms with Crippen LogP contribution in [0.15, 0.2) is 30.5 Å². The molecule has 0 unspecified atom stereocenters. The fourth-order valence-electron chi connectivity index (χ4n) is 5.52. The van der Waals surface area contributed by atoms with Gasteiger partial charge in [-0.3, -0.25) is 9.80 Å². The Balaban J connectivity index is 1.43. The van der Waals surface area contributed by atoms with Gasteiger partial charge in [0.1, 0.15) is 5.82 Å². The number of piperazine rings is 1. The van der Waals surface area contributed by atoms with E-state index in [0.717, 1.165) is 97.5 Å². The van der Waals surface area contributed by atoms with Gasteiger partial charge in [0, 0.05) is 74.5 Å². The van der Waals surface area contributed by atoms with Crippen LogP contribution in [0.1, 0.15) is 26.6 Å². The number of hydrogen-bond acceptors (Lipinski definition) is 7. The minimum atomic E-state index is 0.599. The zero-order valence-electron chi connectivity index (χ0n) is 21.6. The third-order valence-electron chi connectivity index (χ3n) is 7.62. The number of aromatic amines is 1. The minimum Gasteiger partial charge on any atom is -0.378 e. The molecule has 6 rings (SSSR count). The first-order valence-corrected chi connectivity index (χ1v) is 13.2. The van der Waals surface area contributed by atoms with Gasteiger partial charge in [-0.1, -0.05) is 12.1 Å². The maximum absolute atomic E-state index is 5.65. The van der Waals surface area contributed by atoms with Crippen LogP contribution in [-0.4, -0.2) is 92.8 Å². The SMILES string of the molecule is CCn1c(CN2CCN(C(C)C)CC2)nc2c(N3CCOCC3)nc(-c3cccc4[nH]ccc34)nc21. The Bertz CT molecular complexity index is 1340. The number of H-pyrrole nitrogens is 1. The molecule has 0 bridgehead atoms. The Morgan fingerprint density at radius 1 is 0.972 bits per heavy atom. The Labute approximate surface area is 212 Å². The molecule has 5 heterocycles. The molecule has 9 nitrogen and oxygen atoms in total. The number of aromatic nitrogens is 5. The highest BCUT2D eigenvalue weighted by molar-refractivity contribution is 5.95. The zero-order valence-corrected chi connectivity index (χ0v) is 21.6. The largest absolute Gasteiger partial charge is 0.378 e. The fourth-order valence-corrected chi connectivity index (χ4v) is 5.52. The molecule has 190 valence electrons. The number of nitrogens with zero attached hydrogens (tertiary/aromatic N) is 7. The zero-order chi connectivity index (χ0) is 24.6. The van der Waals surface area contributed by atoms with E-state index in [2.05, 4.69) is 69.3 Å².